The van der Waals surface area contributed by atoms with Crippen molar-refractivity contribution in [3.8, 4) is 0 Å². The summed E-state index contributed by atoms with van der Waals surface area (Å²) in [5, 5.41) is 12.8. The van der Waals surface area contributed by atoms with Crippen LogP contribution in [0.15, 0.2) is 24.7 Å². The number of nitrogens with one attached hydrogen (secondary N) is 2. The van der Waals surface area contributed by atoms with Crippen LogP contribution in [0.3, 0.4) is 0 Å². The van der Waals surface area contributed by atoms with Crippen molar-refractivity contribution in [2.75, 3.05) is 5.32 Å². The molecule has 0 amide bonds. The quantitative estimate of drug-likeness (QED) is 0.581. The summed E-state index contributed by atoms with van der Waals surface area (Å²) in [4.78, 5) is 8.85. The van der Waals surface area contributed by atoms with Crippen molar-refractivity contribution in [2.24, 2.45) is 0 Å². The topological polar surface area (TPSA) is 66.5 Å². The van der Waals surface area contributed by atoms with Crippen LogP contribution in [0.1, 0.15) is 34.1 Å². The van der Waals surface area contributed by atoms with Gasteiger partial charge in [0.15, 0.2) is 0 Å². The molecular weight excluding hydrogens is 472 g/mol. The van der Waals surface area contributed by atoms with Crippen LogP contribution in [0.25, 0.3) is 21.8 Å². The van der Waals surface area contributed by atoms with Crippen molar-refractivity contribution in [3.63, 3.8) is 0 Å². The maximum atomic E-state index is 4.46. The van der Waals surface area contributed by atoms with Gasteiger partial charge in [-0.1, -0.05) is 0 Å². The van der Waals surface area contributed by atoms with Gasteiger partial charge in [-0.3, -0.25) is 0 Å². The van der Waals surface area contributed by atoms with Gasteiger partial charge >= 0.3 is 145 Å². The fourth-order valence-electron chi connectivity index (χ4n) is 3.01. The summed E-state index contributed by atoms with van der Waals surface area (Å²) < 4.78 is 0.303. The standard InChI is InChI=1S/C16H20AtN5/c1-15(2,17)8-16(3,4)21-14-11-5-10-7-20-22-12(10)6-13(11)18-9-19-14/h5-7,9H,8H2,1-4H3,(H,20,22)(H,18,19,21). The van der Waals surface area contributed by atoms with Gasteiger partial charge in [0.25, 0.3) is 0 Å². The number of aromatic nitrogens is 4. The number of anilines is 1. The van der Waals surface area contributed by atoms with E-state index in [2.05, 4.69) is 59.2 Å². The third kappa shape index (κ3) is 3.37. The van der Waals surface area contributed by atoms with Gasteiger partial charge in [-0.25, -0.2) is 0 Å². The Kier molecular flexibility index (Phi) is 3.84. The molecule has 0 radical (unpaired) electrons. The summed E-state index contributed by atoms with van der Waals surface area (Å²) in [5.41, 5.74) is 1.88. The molecule has 0 atom stereocenters. The van der Waals surface area contributed by atoms with Gasteiger partial charge in [0, 0.05) is 0 Å². The first-order valence-electron chi connectivity index (χ1n) is 7.28. The molecule has 6 heteroatoms. The Balaban J connectivity index is 2.03. The number of fused-ring (bicyclic) bond motifs is 2. The van der Waals surface area contributed by atoms with E-state index in [1.165, 1.54) is 0 Å². The van der Waals surface area contributed by atoms with E-state index in [9.17, 15) is 0 Å². The van der Waals surface area contributed by atoms with E-state index in [1.807, 2.05) is 37.0 Å². The van der Waals surface area contributed by atoms with E-state index in [0.29, 0.717) is 3.12 Å². The van der Waals surface area contributed by atoms with Gasteiger partial charge in [-0.05, 0) is 0 Å². The monoisotopic (exact) mass is 492 g/mol. The molecule has 0 fully saturated rings. The van der Waals surface area contributed by atoms with E-state index in [-0.39, 0.29) is 5.54 Å². The van der Waals surface area contributed by atoms with Gasteiger partial charge in [0.2, 0.25) is 0 Å². The van der Waals surface area contributed by atoms with Gasteiger partial charge in [0.1, 0.15) is 0 Å². The van der Waals surface area contributed by atoms with Crippen LogP contribution in [0, 0.1) is 24.7 Å². The molecule has 0 bridgehead atoms. The summed E-state index contributed by atoms with van der Waals surface area (Å²) in [6, 6.07) is 4.11. The minimum absolute atomic E-state index is 0.0368. The van der Waals surface area contributed by atoms with E-state index in [0.717, 1.165) is 34.0 Å². The number of rotatable bonds is 4. The fraction of sp³-hybridized carbons (Fsp3) is 0.438. The predicted molar refractivity (Wildman–Crippen MR) is 85.5 cm³/mol. The first kappa shape index (κ1) is 15.6. The predicted octanol–water partition coefficient (Wildman–Crippen LogP) is 3.83. The van der Waals surface area contributed by atoms with Crippen molar-refractivity contribution in [1.82, 2.24) is 20.2 Å². The molecule has 2 heterocycles. The van der Waals surface area contributed by atoms with Crippen LogP contribution < -0.4 is 5.32 Å². The number of aromatic amines is 1. The first-order valence-corrected chi connectivity index (χ1v) is 8.75. The Bertz CT molecular complexity index is 816. The second-order valence-corrected chi connectivity index (χ2v) is 10.9. The first-order chi connectivity index (χ1) is 10.2. The molecule has 0 unspecified atom stereocenters. The molecule has 2 N–H and O–H groups in total. The zero-order valence-electron chi connectivity index (χ0n) is 13.2. The molecule has 1 aromatic carbocycles. The Hall–Kier alpha value is -1.29. The molecule has 116 valence electrons. The second kappa shape index (κ2) is 5.41. The summed E-state index contributed by atoms with van der Waals surface area (Å²) in [6.45, 7) is 9.00. The third-order valence-electron chi connectivity index (χ3n) is 3.51. The van der Waals surface area contributed by atoms with E-state index in [4.69, 9.17) is 0 Å². The minimum atomic E-state index is -0.0368. The third-order valence-corrected chi connectivity index (χ3v) is 4.03. The van der Waals surface area contributed by atoms with Crippen LogP contribution in [-0.2, 0) is 0 Å². The fourth-order valence-corrected chi connectivity index (χ4v) is 4.31. The molecule has 5 nitrogen and oxygen atoms in total. The van der Waals surface area contributed by atoms with Crippen molar-refractivity contribution in [3.05, 3.63) is 24.7 Å². The van der Waals surface area contributed by atoms with Gasteiger partial charge in [-0.2, -0.15) is 0 Å². The van der Waals surface area contributed by atoms with E-state index >= 15 is 0 Å². The van der Waals surface area contributed by atoms with Gasteiger partial charge in [-0.15, -0.1) is 0 Å². The number of nitrogens with zero attached hydrogens (tertiary/aromatic N) is 3. The Morgan fingerprint density at radius 2 is 1.95 bits per heavy atom. The van der Waals surface area contributed by atoms with Crippen LogP contribution in [0.5, 0.6) is 0 Å². The Morgan fingerprint density at radius 3 is 2.68 bits per heavy atom. The average molecular weight is 492 g/mol. The molecule has 0 saturated heterocycles. The zero-order chi connectivity index (χ0) is 16.0. The molecule has 22 heavy (non-hydrogen) atoms. The second-order valence-electron chi connectivity index (χ2n) is 6.95. The van der Waals surface area contributed by atoms with Gasteiger partial charge < -0.3 is 0 Å². The van der Waals surface area contributed by atoms with Crippen molar-refractivity contribution in [2.45, 2.75) is 42.8 Å². The molecule has 3 rings (SSSR count). The molecule has 3 aromatic rings. The van der Waals surface area contributed by atoms with E-state index in [1.54, 1.807) is 6.33 Å². The number of hydrogen-bond acceptors (Lipinski definition) is 4. The SMILES string of the molecule is CC(C)([At])CC(C)(C)Nc1ncnc2cc3[nH]ncc3cc12. The summed E-state index contributed by atoms with van der Waals surface area (Å²) in [6.07, 6.45) is 4.51. The van der Waals surface area contributed by atoms with Crippen molar-refractivity contribution >= 4 is 27.6 Å². The van der Waals surface area contributed by atoms with Crippen LogP contribution >= 0.6 is 0 Å². The Labute approximate surface area is 145 Å². The summed E-state index contributed by atoms with van der Waals surface area (Å²) >= 11 is 1.82. The number of hydrogen-bond donors (Lipinski definition) is 2. The maximum absolute atomic E-state index is 4.46. The van der Waals surface area contributed by atoms with Crippen molar-refractivity contribution < 1.29 is 24.7 Å². The molecule has 0 saturated carbocycles. The molecule has 0 aliphatic heterocycles. The molecule has 0 aliphatic carbocycles. The van der Waals surface area contributed by atoms with Crippen LogP contribution in [0.2, 0.25) is 3.12 Å². The van der Waals surface area contributed by atoms with E-state index < -0.39 is 0 Å². The molecule has 0 aliphatic rings. The van der Waals surface area contributed by atoms with Gasteiger partial charge in [0.05, 0.1) is 0 Å². The van der Waals surface area contributed by atoms with Crippen LogP contribution in [0.4, 0.5) is 5.82 Å². The normalized spacial score (nSPS) is 13.0. The molecular formula is C16H20AtN5. The van der Waals surface area contributed by atoms with Crippen molar-refractivity contribution in [1.29, 1.82) is 0 Å². The molecule has 0 spiro atoms. The molecule has 2 aromatic heterocycles. The Morgan fingerprint density at radius 1 is 1.18 bits per heavy atom. The average Bonchev–Trinajstić information content (AvgIpc) is 2.80. The number of benzene rings is 1. The summed E-state index contributed by atoms with van der Waals surface area (Å²) in [5.74, 6) is 0.883. The van der Waals surface area contributed by atoms with Crippen LogP contribution in [-0.4, -0.2) is 25.7 Å². The number of H-pyrrole nitrogens is 1. The zero-order valence-corrected chi connectivity index (χ0v) is 16.2. The summed E-state index contributed by atoms with van der Waals surface area (Å²) in [7, 11) is 0.